The summed E-state index contributed by atoms with van der Waals surface area (Å²) >= 11 is 0. The van der Waals surface area contributed by atoms with Gasteiger partial charge in [0, 0.05) is 44.3 Å². The molecule has 1 N–H and O–H groups in total. The Hall–Kier alpha value is -0.120. The summed E-state index contributed by atoms with van der Waals surface area (Å²) in [7, 11) is 0. The molecule has 2 unspecified atom stereocenters. The van der Waals surface area contributed by atoms with Gasteiger partial charge in [0.1, 0.15) is 0 Å². The normalized spacial score (nSPS) is 26.2. The zero-order valence-corrected chi connectivity index (χ0v) is 12.5. The second-order valence-electron chi connectivity index (χ2n) is 6.01. The quantitative estimate of drug-likeness (QED) is 0.748. The van der Waals surface area contributed by atoms with Crippen molar-refractivity contribution in [2.45, 2.75) is 64.6 Å². The number of hydrogen-bond donors (Lipinski definition) is 1. The average molecular weight is 253 g/mol. The third kappa shape index (κ3) is 3.69. The fraction of sp³-hybridized carbons (Fsp3) is 1.00. The molecule has 0 bridgehead atoms. The maximum atomic E-state index is 3.71. The lowest BCUT2D eigenvalue weighted by Crippen LogP contribution is -2.55. The molecule has 18 heavy (non-hydrogen) atoms. The highest BCUT2D eigenvalue weighted by molar-refractivity contribution is 4.90. The number of nitrogens with one attached hydrogen (secondary N) is 1. The number of piperazine rings is 1. The highest BCUT2D eigenvalue weighted by Crippen LogP contribution is 2.27. The molecule has 0 aromatic rings. The van der Waals surface area contributed by atoms with Gasteiger partial charge < -0.3 is 5.32 Å². The molecule has 1 saturated heterocycles. The van der Waals surface area contributed by atoms with Gasteiger partial charge in [0.05, 0.1) is 0 Å². The van der Waals surface area contributed by atoms with Crippen molar-refractivity contribution < 1.29 is 0 Å². The van der Waals surface area contributed by atoms with E-state index < -0.39 is 0 Å². The van der Waals surface area contributed by atoms with Gasteiger partial charge in [0.25, 0.3) is 0 Å². The molecule has 0 amide bonds. The van der Waals surface area contributed by atoms with Gasteiger partial charge in [0.2, 0.25) is 0 Å². The third-order valence-corrected chi connectivity index (χ3v) is 4.67. The van der Waals surface area contributed by atoms with E-state index in [0.29, 0.717) is 12.1 Å². The van der Waals surface area contributed by atoms with Gasteiger partial charge in [0.15, 0.2) is 0 Å². The van der Waals surface area contributed by atoms with E-state index in [-0.39, 0.29) is 0 Å². The highest BCUT2D eigenvalue weighted by atomic mass is 15.3. The first-order valence-electron chi connectivity index (χ1n) is 7.97. The van der Waals surface area contributed by atoms with E-state index in [4.69, 9.17) is 0 Å². The monoisotopic (exact) mass is 253 g/mol. The number of nitrogens with zero attached hydrogens (tertiary/aromatic N) is 2. The second-order valence-corrected chi connectivity index (χ2v) is 6.01. The summed E-state index contributed by atoms with van der Waals surface area (Å²) in [5.74, 6) is 0. The van der Waals surface area contributed by atoms with Crippen molar-refractivity contribution in [2.24, 2.45) is 0 Å². The Bertz CT molecular complexity index is 232. The Morgan fingerprint density at radius 3 is 2.28 bits per heavy atom. The molecule has 0 spiro atoms. The first kappa shape index (κ1) is 14.3. The van der Waals surface area contributed by atoms with E-state index in [0.717, 1.165) is 12.6 Å². The van der Waals surface area contributed by atoms with E-state index in [1.54, 1.807) is 0 Å². The van der Waals surface area contributed by atoms with Crippen LogP contribution >= 0.6 is 0 Å². The molecule has 1 aliphatic heterocycles. The van der Waals surface area contributed by atoms with Crippen LogP contribution in [-0.2, 0) is 0 Å². The minimum Gasteiger partial charge on any atom is -0.312 e. The van der Waals surface area contributed by atoms with E-state index in [1.165, 1.54) is 51.9 Å². The lowest BCUT2D eigenvalue weighted by molar-refractivity contribution is 0.0808. The number of rotatable bonds is 7. The summed E-state index contributed by atoms with van der Waals surface area (Å²) in [5.41, 5.74) is 0. The van der Waals surface area contributed by atoms with E-state index in [2.05, 4.69) is 35.9 Å². The van der Waals surface area contributed by atoms with Crippen LogP contribution in [0.5, 0.6) is 0 Å². The topological polar surface area (TPSA) is 18.5 Å². The first-order valence-corrected chi connectivity index (χ1v) is 7.97. The summed E-state index contributed by atoms with van der Waals surface area (Å²) < 4.78 is 0. The van der Waals surface area contributed by atoms with Crippen molar-refractivity contribution in [1.82, 2.24) is 15.1 Å². The Kier molecular flexibility index (Phi) is 5.46. The molecule has 2 fully saturated rings. The Morgan fingerprint density at radius 2 is 1.78 bits per heavy atom. The van der Waals surface area contributed by atoms with Crippen molar-refractivity contribution in [3.63, 3.8) is 0 Å². The van der Waals surface area contributed by atoms with E-state index in [1.807, 2.05) is 0 Å². The standard InChI is InChI=1S/C15H31N3/c1-4-8-16-15(5-2)13(3)17-9-11-18(12-10-17)14-6-7-14/h13-16H,4-12H2,1-3H3. The second kappa shape index (κ2) is 6.88. The average Bonchev–Trinajstić information content (AvgIpc) is 3.24. The van der Waals surface area contributed by atoms with Gasteiger partial charge >= 0.3 is 0 Å². The van der Waals surface area contributed by atoms with Gasteiger partial charge in [-0.25, -0.2) is 0 Å². The zero-order valence-electron chi connectivity index (χ0n) is 12.5. The van der Waals surface area contributed by atoms with Crippen LogP contribution in [0, 0.1) is 0 Å². The van der Waals surface area contributed by atoms with Gasteiger partial charge in [-0.2, -0.15) is 0 Å². The smallest absolute Gasteiger partial charge is 0.0222 e. The van der Waals surface area contributed by atoms with Crippen molar-refractivity contribution >= 4 is 0 Å². The van der Waals surface area contributed by atoms with E-state index in [9.17, 15) is 0 Å². The van der Waals surface area contributed by atoms with Crippen LogP contribution < -0.4 is 5.32 Å². The molecular formula is C15H31N3. The highest BCUT2D eigenvalue weighted by Gasteiger charge is 2.33. The fourth-order valence-corrected chi connectivity index (χ4v) is 3.19. The van der Waals surface area contributed by atoms with Crippen molar-refractivity contribution in [3.05, 3.63) is 0 Å². The van der Waals surface area contributed by atoms with Crippen LogP contribution in [0.25, 0.3) is 0 Å². The molecule has 3 heteroatoms. The maximum absolute atomic E-state index is 3.71. The molecule has 2 aliphatic rings. The van der Waals surface area contributed by atoms with Crippen molar-refractivity contribution in [2.75, 3.05) is 32.7 Å². The van der Waals surface area contributed by atoms with Crippen LogP contribution in [0.4, 0.5) is 0 Å². The SMILES string of the molecule is CCCNC(CC)C(C)N1CCN(C2CC2)CC1. The van der Waals surface area contributed by atoms with Crippen LogP contribution in [0.2, 0.25) is 0 Å². The molecule has 1 saturated carbocycles. The summed E-state index contributed by atoms with van der Waals surface area (Å²) in [4.78, 5) is 5.39. The van der Waals surface area contributed by atoms with Crippen LogP contribution in [-0.4, -0.2) is 60.6 Å². The minimum atomic E-state index is 0.664. The molecule has 1 aliphatic carbocycles. The predicted molar refractivity (Wildman–Crippen MR) is 78.0 cm³/mol. The fourth-order valence-electron chi connectivity index (χ4n) is 3.19. The molecule has 0 radical (unpaired) electrons. The Morgan fingerprint density at radius 1 is 1.11 bits per heavy atom. The molecule has 2 rings (SSSR count). The zero-order chi connectivity index (χ0) is 13.0. The molecule has 106 valence electrons. The van der Waals surface area contributed by atoms with Crippen LogP contribution in [0.3, 0.4) is 0 Å². The molecule has 0 aromatic carbocycles. The first-order chi connectivity index (χ1) is 8.76. The number of hydrogen-bond acceptors (Lipinski definition) is 3. The molecule has 0 aromatic heterocycles. The van der Waals surface area contributed by atoms with Gasteiger partial charge in [-0.3, -0.25) is 9.80 Å². The van der Waals surface area contributed by atoms with Crippen molar-refractivity contribution in [1.29, 1.82) is 0 Å². The Balaban J connectivity index is 1.75. The van der Waals surface area contributed by atoms with Crippen molar-refractivity contribution in [3.8, 4) is 0 Å². The predicted octanol–water partition coefficient (Wildman–Crippen LogP) is 1.93. The third-order valence-electron chi connectivity index (χ3n) is 4.67. The summed E-state index contributed by atoms with van der Waals surface area (Å²) in [6, 6.07) is 2.29. The molecule has 2 atom stereocenters. The van der Waals surface area contributed by atoms with Gasteiger partial charge in [-0.05, 0) is 39.2 Å². The molecular weight excluding hydrogens is 222 g/mol. The minimum absolute atomic E-state index is 0.664. The van der Waals surface area contributed by atoms with Crippen LogP contribution in [0.1, 0.15) is 46.5 Å². The Labute approximate surface area is 113 Å². The lowest BCUT2D eigenvalue weighted by atomic mass is 10.0. The molecule has 1 heterocycles. The lowest BCUT2D eigenvalue weighted by Gasteiger charge is -2.41. The van der Waals surface area contributed by atoms with Gasteiger partial charge in [-0.15, -0.1) is 0 Å². The molecule has 3 nitrogen and oxygen atoms in total. The summed E-state index contributed by atoms with van der Waals surface area (Å²) in [6.07, 6.45) is 5.37. The van der Waals surface area contributed by atoms with E-state index >= 15 is 0 Å². The summed E-state index contributed by atoms with van der Waals surface area (Å²) in [5, 5.41) is 3.71. The van der Waals surface area contributed by atoms with Crippen LogP contribution in [0.15, 0.2) is 0 Å². The largest absolute Gasteiger partial charge is 0.312 e. The summed E-state index contributed by atoms with van der Waals surface area (Å²) in [6.45, 7) is 13.2. The maximum Gasteiger partial charge on any atom is 0.0222 e. The van der Waals surface area contributed by atoms with Gasteiger partial charge in [-0.1, -0.05) is 13.8 Å².